The molecule has 0 spiro atoms. The third-order valence-electron chi connectivity index (χ3n) is 2.11. The van der Waals surface area contributed by atoms with E-state index in [0.717, 1.165) is 0 Å². The summed E-state index contributed by atoms with van der Waals surface area (Å²) in [4.78, 5) is 17.6. The molecule has 0 aliphatic heterocycles. The summed E-state index contributed by atoms with van der Waals surface area (Å²) in [7, 11) is -3.28. The summed E-state index contributed by atoms with van der Waals surface area (Å²) in [5.74, 6) is 0.150. The molecule has 18 heavy (non-hydrogen) atoms. The average Bonchev–Trinajstić information content (AvgIpc) is 2.80. The van der Waals surface area contributed by atoms with Crippen molar-refractivity contribution in [3.63, 3.8) is 0 Å². The summed E-state index contributed by atoms with van der Waals surface area (Å²) in [6.45, 7) is 0. The molecule has 0 bridgehead atoms. The van der Waals surface area contributed by atoms with Crippen LogP contribution in [-0.4, -0.2) is 22.1 Å². The van der Waals surface area contributed by atoms with Crippen LogP contribution in [0, 0.1) is 0 Å². The minimum atomic E-state index is -4.65. The minimum Gasteiger partial charge on any atom is -0.493 e. The van der Waals surface area contributed by atoms with E-state index in [1.807, 2.05) is 0 Å². The van der Waals surface area contributed by atoms with Gasteiger partial charge >= 0.3 is 7.82 Å². The van der Waals surface area contributed by atoms with Crippen molar-refractivity contribution in [1.29, 1.82) is 0 Å². The van der Waals surface area contributed by atoms with Crippen molar-refractivity contribution in [3.8, 4) is 22.8 Å². The third kappa shape index (κ3) is 2.89. The normalized spacial score (nSPS) is 11.3. The Morgan fingerprint density at radius 1 is 1.28 bits per heavy atom. The van der Waals surface area contributed by atoms with E-state index in [4.69, 9.17) is 19.0 Å². The lowest BCUT2D eigenvalue weighted by atomic mass is 10.1. The molecule has 0 radical (unpaired) electrons. The second kappa shape index (κ2) is 4.81. The molecule has 7 nitrogen and oxygen atoms in total. The van der Waals surface area contributed by atoms with Gasteiger partial charge in [0.1, 0.15) is 12.0 Å². The summed E-state index contributed by atoms with van der Waals surface area (Å²) in [6, 6.07) is 6.22. The van der Waals surface area contributed by atoms with Crippen molar-refractivity contribution in [1.82, 2.24) is 5.16 Å². The van der Waals surface area contributed by atoms with Crippen LogP contribution in [0.5, 0.6) is 11.5 Å². The highest BCUT2D eigenvalue weighted by Gasteiger charge is 2.19. The molecule has 1 heterocycles. The van der Waals surface area contributed by atoms with Crippen LogP contribution in [-0.2, 0) is 4.57 Å². The molecule has 2 N–H and O–H groups in total. The molecule has 1 aromatic carbocycles. The Bertz CT molecular complexity index is 576. The van der Waals surface area contributed by atoms with Crippen LogP contribution in [0.1, 0.15) is 0 Å². The zero-order valence-electron chi connectivity index (χ0n) is 9.31. The summed E-state index contributed by atoms with van der Waals surface area (Å²) in [5.41, 5.74) is 1.11. The van der Waals surface area contributed by atoms with Gasteiger partial charge in [-0.05, 0) is 18.2 Å². The van der Waals surface area contributed by atoms with Crippen molar-refractivity contribution in [2.45, 2.75) is 0 Å². The van der Waals surface area contributed by atoms with Crippen LogP contribution < -0.4 is 9.26 Å². The maximum Gasteiger partial charge on any atom is 0.524 e. The Balaban J connectivity index is 2.42. The fourth-order valence-electron chi connectivity index (χ4n) is 1.40. The van der Waals surface area contributed by atoms with Crippen LogP contribution in [0.3, 0.4) is 0 Å². The van der Waals surface area contributed by atoms with Crippen molar-refractivity contribution in [2.24, 2.45) is 0 Å². The highest BCUT2D eigenvalue weighted by Crippen LogP contribution is 2.43. The fourth-order valence-corrected chi connectivity index (χ4v) is 1.80. The molecule has 96 valence electrons. The first-order valence-corrected chi connectivity index (χ1v) is 6.36. The van der Waals surface area contributed by atoms with Crippen molar-refractivity contribution < 1.29 is 28.1 Å². The molecule has 8 heteroatoms. The summed E-state index contributed by atoms with van der Waals surface area (Å²) in [6.07, 6.45) is 1.39. The maximum absolute atomic E-state index is 10.8. The lowest BCUT2D eigenvalue weighted by molar-refractivity contribution is 0.276. The molecule has 0 amide bonds. The van der Waals surface area contributed by atoms with Gasteiger partial charge in [0.2, 0.25) is 0 Å². The lowest BCUT2D eigenvalue weighted by Gasteiger charge is -2.11. The smallest absolute Gasteiger partial charge is 0.493 e. The van der Waals surface area contributed by atoms with Gasteiger partial charge in [0, 0.05) is 11.6 Å². The molecular weight excluding hydrogens is 261 g/mol. The number of aromatic nitrogens is 1. The van der Waals surface area contributed by atoms with Gasteiger partial charge in [-0.3, -0.25) is 9.79 Å². The standard InChI is InChI=1S/C10H10NO6P/c1-15-9-3-2-7(8-4-5-16-11-8)6-10(9)17-18(12,13)14/h2-6H,1H3,(H2,12,13,14). The number of rotatable bonds is 4. The van der Waals surface area contributed by atoms with E-state index in [9.17, 15) is 4.57 Å². The van der Waals surface area contributed by atoms with Crippen molar-refractivity contribution in [2.75, 3.05) is 7.11 Å². The highest BCUT2D eigenvalue weighted by molar-refractivity contribution is 7.46. The predicted octanol–water partition coefficient (Wildman–Crippen LogP) is 1.82. The number of ether oxygens (including phenoxy) is 1. The Morgan fingerprint density at radius 2 is 2.06 bits per heavy atom. The first-order valence-electron chi connectivity index (χ1n) is 4.83. The zero-order chi connectivity index (χ0) is 13.2. The van der Waals surface area contributed by atoms with E-state index in [2.05, 4.69) is 9.68 Å². The average molecular weight is 271 g/mol. The largest absolute Gasteiger partial charge is 0.524 e. The Morgan fingerprint density at radius 3 is 2.61 bits per heavy atom. The molecule has 0 atom stereocenters. The topological polar surface area (TPSA) is 102 Å². The number of phosphoric acid groups is 1. The molecule has 0 fully saturated rings. The van der Waals surface area contributed by atoms with Gasteiger partial charge < -0.3 is 13.8 Å². The second-order valence-electron chi connectivity index (χ2n) is 3.33. The molecule has 0 aliphatic carbocycles. The van der Waals surface area contributed by atoms with E-state index in [1.165, 1.54) is 25.5 Å². The Kier molecular flexibility index (Phi) is 3.38. The number of methoxy groups -OCH3 is 1. The van der Waals surface area contributed by atoms with Crippen LogP contribution in [0.25, 0.3) is 11.3 Å². The lowest BCUT2D eigenvalue weighted by Crippen LogP contribution is -1.94. The molecule has 2 aromatic rings. The van der Waals surface area contributed by atoms with Gasteiger partial charge in [0.15, 0.2) is 11.5 Å². The molecule has 1 aromatic heterocycles. The van der Waals surface area contributed by atoms with Crippen LogP contribution in [0.2, 0.25) is 0 Å². The molecule has 0 saturated carbocycles. The number of hydrogen-bond acceptors (Lipinski definition) is 5. The van der Waals surface area contributed by atoms with Gasteiger partial charge in [-0.15, -0.1) is 0 Å². The number of phosphoric ester groups is 1. The molecule has 2 rings (SSSR count). The first kappa shape index (κ1) is 12.6. The van der Waals surface area contributed by atoms with E-state index < -0.39 is 7.82 Å². The molecular formula is C10H10NO6P. The van der Waals surface area contributed by atoms with Gasteiger partial charge in [0.25, 0.3) is 0 Å². The SMILES string of the molecule is COc1ccc(-c2ccon2)cc1OP(=O)(O)O. The fraction of sp³-hybridized carbons (Fsp3) is 0.100. The maximum atomic E-state index is 10.8. The quantitative estimate of drug-likeness (QED) is 0.817. The molecule has 0 aliphatic rings. The van der Waals surface area contributed by atoms with Gasteiger partial charge in [0.05, 0.1) is 7.11 Å². The third-order valence-corrected chi connectivity index (χ3v) is 2.55. The highest BCUT2D eigenvalue weighted by atomic mass is 31.2. The first-order chi connectivity index (χ1) is 8.49. The van der Waals surface area contributed by atoms with Crippen molar-refractivity contribution in [3.05, 3.63) is 30.5 Å². The van der Waals surface area contributed by atoms with Gasteiger partial charge in [-0.1, -0.05) is 5.16 Å². The monoisotopic (exact) mass is 271 g/mol. The molecule has 0 unspecified atom stereocenters. The van der Waals surface area contributed by atoms with E-state index in [-0.39, 0.29) is 11.5 Å². The van der Waals surface area contributed by atoms with Crippen LogP contribution >= 0.6 is 7.82 Å². The molecule has 0 saturated heterocycles. The number of nitrogens with zero attached hydrogens (tertiary/aromatic N) is 1. The number of hydrogen-bond donors (Lipinski definition) is 2. The van der Waals surface area contributed by atoms with Gasteiger partial charge in [-0.2, -0.15) is 0 Å². The Labute approximate surface area is 102 Å². The minimum absolute atomic E-state index is 0.0636. The Hall–Kier alpha value is -1.82. The van der Waals surface area contributed by atoms with Crippen LogP contribution in [0.15, 0.2) is 35.1 Å². The summed E-state index contributed by atoms with van der Waals surface area (Å²) in [5, 5.41) is 3.71. The van der Waals surface area contributed by atoms with E-state index in [0.29, 0.717) is 11.3 Å². The second-order valence-corrected chi connectivity index (χ2v) is 4.50. The van der Waals surface area contributed by atoms with Crippen molar-refractivity contribution >= 4 is 7.82 Å². The van der Waals surface area contributed by atoms with E-state index in [1.54, 1.807) is 12.1 Å². The van der Waals surface area contributed by atoms with E-state index >= 15 is 0 Å². The summed E-state index contributed by atoms with van der Waals surface area (Å²) >= 11 is 0. The number of benzene rings is 1. The van der Waals surface area contributed by atoms with Gasteiger partial charge in [-0.25, -0.2) is 4.57 Å². The predicted molar refractivity (Wildman–Crippen MR) is 61.2 cm³/mol. The van der Waals surface area contributed by atoms with Crippen LogP contribution in [0.4, 0.5) is 0 Å². The summed E-state index contributed by atoms with van der Waals surface area (Å²) < 4.78 is 25.0. The zero-order valence-corrected chi connectivity index (χ0v) is 10.2.